The molecule has 0 spiro atoms. The third kappa shape index (κ3) is 4.12. The van der Waals surface area contributed by atoms with Gasteiger partial charge in [-0.15, -0.1) is 0 Å². The van der Waals surface area contributed by atoms with Crippen molar-refractivity contribution in [2.45, 2.75) is 24.8 Å². The predicted molar refractivity (Wildman–Crippen MR) is 101 cm³/mol. The standard InChI is InChI=1S/C19H21BrFN3O/c1-22-18(23-11-13-6-7-17(25)16(21)10-13)24-12-19(8-9-19)14-4-2-3-5-15(14)20/h2-7,10,25H,8-9,11-12H2,1H3,(H2,22,23,24). The van der Waals surface area contributed by atoms with E-state index in [9.17, 15) is 9.50 Å². The normalized spacial score (nSPS) is 15.7. The first kappa shape index (κ1) is 17.7. The van der Waals surface area contributed by atoms with Crippen LogP contribution in [-0.2, 0) is 12.0 Å². The van der Waals surface area contributed by atoms with Gasteiger partial charge in [-0.05, 0) is 42.2 Å². The maximum absolute atomic E-state index is 13.4. The third-order valence-electron chi connectivity index (χ3n) is 4.59. The van der Waals surface area contributed by atoms with Crippen molar-refractivity contribution in [1.29, 1.82) is 0 Å². The Morgan fingerprint density at radius 1 is 1.24 bits per heavy atom. The molecule has 0 radical (unpaired) electrons. The molecule has 3 N–H and O–H groups in total. The van der Waals surface area contributed by atoms with E-state index in [1.54, 1.807) is 13.1 Å². The largest absolute Gasteiger partial charge is 0.505 e. The number of hydrogen-bond donors (Lipinski definition) is 3. The minimum Gasteiger partial charge on any atom is -0.505 e. The first-order chi connectivity index (χ1) is 12.0. The molecule has 1 fully saturated rings. The Morgan fingerprint density at radius 3 is 2.64 bits per heavy atom. The van der Waals surface area contributed by atoms with Gasteiger partial charge in [-0.3, -0.25) is 4.99 Å². The predicted octanol–water partition coefficient (Wildman–Crippen LogP) is 3.69. The highest BCUT2D eigenvalue weighted by Gasteiger charge is 2.45. The van der Waals surface area contributed by atoms with Crippen LogP contribution < -0.4 is 10.6 Å². The van der Waals surface area contributed by atoms with E-state index >= 15 is 0 Å². The first-order valence-corrected chi connectivity index (χ1v) is 9.00. The molecular weight excluding hydrogens is 385 g/mol. The Kier molecular flexibility index (Phi) is 5.27. The number of aliphatic imine (C=N–C) groups is 1. The van der Waals surface area contributed by atoms with Crippen molar-refractivity contribution in [2.75, 3.05) is 13.6 Å². The monoisotopic (exact) mass is 405 g/mol. The van der Waals surface area contributed by atoms with Gasteiger partial charge in [0.1, 0.15) is 0 Å². The van der Waals surface area contributed by atoms with Crippen molar-refractivity contribution in [1.82, 2.24) is 10.6 Å². The Morgan fingerprint density at radius 2 is 2.00 bits per heavy atom. The Bertz CT molecular complexity index is 790. The summed E-state index contributed by atoms with van der Waals surface area (Å²) in [5, 5.41) is 15.8. The van der Waals surface area contributed by atoms with Gasteiger partial charge in [-0.1, -0.05) is 40.2 Å². The number of aromatic hydroxyl groups is 1. The van der Waals surface area contributed by atoms with E-state index in [2.05, 4.69) is 49.8 Å². The number of guanidine groups is 1. The molecule has 0 heterocycles. The number of nitrogens with one attached hydrogen (secondary N) is 2. The van der Waals surface area contributed by atoms with E-state index in [1.165, 1.54) is 17.7 Å². The summed E-state index contributed by atoms with van der Waals surface area (Å²) in [6, 6.07) is 12.7. The van der Waals surface area contributed by atoms with Crippen molar-refractivity contribution in [3.05, 3.63) is 63.9 Å². The van der Waals surface area contributed by atoms with Gasteiger partial charge in [-0.2, -0.15) is 0 Å². The minimum atomic E-state index is -0.617. The maximum Gasteiger partial charge on any atom is 0.191 e. The third-order valence-corrected chi connectivity index (χ3v) is 5.28. The molecule has 0 saturated heterocycles. The average Bonchev–Trinajstić information content (AvgIpc) is 3.39. The summed E-state index contributed by atoms with van der Waals surface area (Å²) in [6.07, 6.45) is 2.28. The van der Waals surface area contributed by atoms with Gasteiger partial charge in [0.25, 0.3) is 0 Å². The highest BCUT2D eigenvalue weighted by molar-refractivity contribution is 9.10. The molecule has 4 nitrogen and oxygen atoms in total. The summed E-state index contributed by atoms with van der Waals surface area (Å²) in [4.78, 5) is 4.23. The summed E-state index contributed by atoms with van der Waals surface area (Å²) >= 11 is 3.64. The number of halogens is 2. The molecule has 6 heteroatoms. The quantitative estimate of drug-likeness (QED) is 0.525. The van der Waals surface area contributed by atoms with Gasteiger partial charge in [0.05, 0.1) is 0 Å². The first-order valence-electron chi connectivity index (χ1n) is 8.21. The Balaban J connectivity index is 1.58. The van der Waals surface area contributed by atoms with E-state index < -0.39 is 5.82 Å². The second kappa shape index (κ2) is 7.44. The van der Waals surface area contributed by atoms with Crippen LogP contribution in [0.5, 0.6) is 5.75 Å². The zero-order valence-corrected chi connectivity index (χ0v) is 15.6. The lowest BCUT2D eigenvalue weighted by atomic mass is 9.96. The van der Waals surface area contributed by atoms with Gasteiger partial charge in [0.15, 0.2) is 17.5 Å². The molecule has 1 aliphatic rings. The Labute approximate surface area is 155 Å². The van der Waals surface area contributed by atoms with Crippen molar-refractivity contribution in [3.63, 3.8) is 0 Å². The molecule has 3 rings (SSSR count). The maximum atomic E-state index is 13.4. The van der Waals surface area contributed by atoms with Gasteiger partial charge in [0.2, 0.25) is 0 Å². The second-order valence-electron chi connectivity index (χ2n) is 6.33. The fourth-order valence-corrected chi connectivity index (χ4v) is 3.61. The molecule has 1 aliphatic carbocycles. The van der Waals surface area contributed by atoms with Crippen LogP contribution >= 0.6 is 15.9 Å². The fraction of sp³-hybridized carbons (Fsp3) is 0.316. The fourth-order valence-electron chi connectivity index (χ4n) is 2.90. The molecule has 0 atom stereocenters. The summed E-state index contributed by atoms with van der Waals surface area (Å²) in [5.41, 5.74) is 2.20. The lowest BCUT2D eigenvalue weighted by Gasteiger charge is -2.20. The highest BCUT2D eigenvalue weighted by atomic mass is 79.9. The lowest BCUT2D eigenvalue weighted by Crippen LogP contribution is -2.41. The molecule has 25 heavy (non-hydrogen) atoms. The topological polar surface area (TPSA) is 56.7 Å². The summed E-state index contributed by atoms with van der Waals surface area (Å²) in [6.45, 7) is 1.22. The molecule has 2 aromatic rings. The summed E-state index contributed by atoms with van der Waals surface area (Å²) in [5.74, 6) is -0.282. The van der Waals surface area contributed by atoms with E-state index in [4.69, 9.17) is 0 Å². The Hall–Kier alpha value is -2.08. The van der Waals surface area contributed by atoms with E-state index in [0.717, 1.165) is 29.4 Å². The second-order valence-corrected chi connectivity index (χ2v) is 7.18. The molecule has 1 saturated carbocycles. The SMILES string of the molecule is CN=C(NCc1ccc(O)c(F)c1)NCC1(c2ccccc2Br)CC1. The van der Waals surface area contributed by atoms with Crippen LogP contribution in [0.2, 0.25) is 0 Å². The molecule has 0 amide bonds. The van der Waals surface area contributed by atoms with Crippen molar-refractivity contribution < 1.29 is 9.50 Å². The van der Waals surface area contributed by atoms with Gasteiger partial charge in [-0.25, -0.2) is 4.39 Å². The van der Waals surface area contributed by atoms with Gasteiger partial charge < -0.3 is 15.7 Å². The number of phenols is 1. The number of phenolic OH excluding ortho intramolecular Hbond substituents is 1. The van der Waals surface area contributed by atoms with Crippen LogP contribution in [0.4, 0.5) is 4.39 Å². The lowest BCUT2D eigenvalue weighted by molar-refractivity contribution is 0.431. The van der Waals surface area contributed by atoms with E-state index in [-0.39, 0.29) is 11.2 Å². The van der Waals surface area contributed by atoms with Crippen LogP contribution in [0.15, 0.2) is 51.9 Å². The average molecular weight is 406 g/mol. The van der Waals surface area contributed by atoms with Crippen LogP contribution in [0.1, 0.15) is 24.0 Å². The van der Waals surface area contributed by atoms with Crippen molar-refractivity contribution in [2.24, 2.45) is 4.99 Å². The molecule has 132 valence electrons. The van der Waals surface area contributed by atoms with Crippen molar-refractivity contribution >= 4 is 21.9 Å². The minimum absolute atomic E-state index is 0.141. The van der Waals surface area contributed by atoms with Gasteiger partial charge in [0, 0.05) is 30.0 Å². The number of rotatable bonds is 5. The number of hydrogen-bond acceptors (Lipinski definition) is 2. The van der Waals surface area contributed by atoms with Gasteiger partial charge >= 0.3 is 0 Å². The number of benzene rings is 2. The zero-order valence-electron chi connectivity index (χ0n) is 14.0. The van der Waals surface area contributed by atoms with Crippen LogP contribution in [0.3, 0.4) is 0 Å². The van der Waals surface area contributed by atoms with E-state index in [0.29, 0.717) is 12.5 Å². The number of nitrogens with zero attached hydrogens (tertiary/aromatic N) is 1. The molecular formula is C19H21BrFN3O. The zero-order chi connectivity index (χ0) is 17.9. The van der Waals surface area contributed by atoms with Crippen LogP contribution in [-0.4, -0.2) is 24.7 Å². The smallest absolute Gasteiger partial charge is 0.191 e. The molecule has 2 aromatic carbocycles. The van der Waals surface area contributed by atoms with Crippen LogP contribution in [0.25, 0.3) is 0 Å². The van der Waals surface area contributed by atoms with E-state index in [1.807, 2.05) is 6.07 Å². The van der Waals surface area contributed by atoms with Crippen LogP contribution in [0, 0.1) is 5.82 Å². The molecule has 0 aliphatic heterocycles. The van der Waals surface area contributed by atoms with Crippen molar-refractivity contribution in [3.8, 4) is 5.75 Å². The summed E-state index contributed by atoms with van der Waals surface area (Å²) in [7, 11) is 1.71. The molecule has 0 bridgehead atoms. The molecule has 0 unspecified atom stereocenters. The highest BCUT2D eigenvalue weighted by Crippen LogP contribution is 2.49. The molecule has 0 aromatic heterocycles. The summed E-state index contributed by atoms with van der Waals surface area (Å²) < 4.78 is 14.5.